The molecule has 3 heterocycles. The Labute approximate surface area is 167 Å². The predicted molar refractivity (Wildman–Crippen MR) is 101 cm³/mol. The third kappa shape index (κ3) is 4.83. The van der Waals surface area contributed by atoms with Gasteiger partial charge in [0, 0.05) is 51.1 Å². The maximum Gasteiger partial charge on any atom is 0.306 e. The summed E-state index contributed by atoms with van der Waals surface area (Å²) < 4.78 is 12.2. The van der Waals surface area contributed by atoms with E-state index in [1.807, 2.05) is 0 Å². The molecule has 0 aliphatic carbocycles. The minimum atomic E-state index is -0.712. The molecule has 1 saturated heterocycles. The fraction of sp³-hybridized carbons (Fsp3) is 0.474. The first-order valence-corrected chi connectivity index (χ1v) is 9.24. The summed E-state index contributed by atoms with van der Waals surface area (Å²) >= 11 is 0. The number of carbonyl (C=O) groups excluding carboxylic acids is 2. The Kier molecular flexibility index (Phi) is 6.32. The summed E-state index contributed by atoms with van der Waals surface area (Å²) in [5, 5.41) is 14.5. The number of nitrogens with zero attached hydrogens (tertiary/aromatic N) is 4. The van der Waals surface area contributed by atoms with Crippen LogP contribution < -0.4 is 5.43 Å². The van der Waals surface area contributed by atoms with E-state index < -0.39 is 23.1 Å². The van der Waals surface area contributed by atoms with Gasteiger partial charge in [0.15, 0.2) is 5.76 Å². The Bertz CT molecular complexity index is 929. The van der Waals surface area contributed by atoms with E-state index in [4.69, 9.17) is 9.15 Å². The van der Waals surface area contributed by atoms with Crippen LogP contribution in [-0.4, -0.2) is 70.4 Å². The van der Waals surface area contributed by atoms with E-state index in [1.165, 1.54) is 13.2 Å². The quantitative estimate of drug-likeness (QED) is 0.508. The largest absolute Gasteiger partial charge is 0.502 e. The normalized spacial score (nSPS) is 15.9. The molecule has 0 unspecified atom stereocenters. The first-order chi connectivity index (χ1) is 13.9. The maximum atomic E-state index is 12.4. The number of ether oxygens (including phenoxy) is 1. The van der Waals surface area contributed by atoms with Crippen molar-refractivity contribution >= 4 is 12.4 Å². The van der Waals surface area contributed by atoms with Gasteiger partial charge in [-0.25, -0.2) is 0 Å². The van der Waals surface area contributed by atoms with Gasteiger partial charge in [0.2, 0.25) is 17.6 Å². The predicted octanol–water partition coefficient (Wildman–Crippen LogP) is 0.0479. The molecule has 10 heteroatoms. The van der Waals surface area contributed by atoms with E-state index in [0.29, 0.717) is 44.0 Å². The van der Waals surface area contributed by atoms with Crippen LogP contribution in [-0.2, 0) is 27.9 Å². The van der Waals surface area contributed by atoms with Crippen molar-refractivity contribution in [1.82, 2.24) is 19.6 Å². The zero-order valence-electron chi connectivity index (χ0n) is 16.4. The highest BCUT2D eigenvalue weighted by Crippen LogP contribution is 2.33. The Morgan fingerprint density at radius 2 is 2.10 bits per heavy atom. The molecule has 2 aromatic heterocycles. The summed E-state index contributed by atoms with van der Waals surface area (Å²) in [7, 11) is 3.00. The number of rotatable bonds is 7. The summed E-state index contributed by atoms with van der Waals surface area (Å²) in [6.45, 7) is 2.84. The van der Waals surface area contributed by atoms with Crippen LogP contribution in [0.4, 0.5) is 0 Å². The molecule has 10 nitrogen and oxygen atoms in total. The SMILES string of the molecule is COC(=O)C[C@@H](c1cnn(C)c1)c1oc(CN2CCN(C=O)CC2)cc(=O)c1O. The van der Waals surface area contributed by atoms with Crippen molar-refractivity contribution in [2.75, 3.05) is 33.3 Å². The first-order valence-electron chi connectivity index (χ1n) is 9.24. The monoisotopic (exact) mass is 404 g/mol. The van der Waals surface area contributed by atoms with Crippen molar-refractivity contribution in [2.45, 2.75) is 18.9 Å². The molecule has 29 heavy (non-hydrogen) atoms. The van der Waals surface area contributed by atoms with E-state index in [-0.39, 0.29) is 12.2 Å². The number of hydrogen-bond donors (Lipinski definition) is 1. The minimum Gasteiger partial charge on any atom is -0.502 e. The first kappa shape index (κ1) is 20.6. The molecule has 1 atom stereocenters. The second kappa shape index (κ2) is 8.91. The highest BCUT2D eigenvalue weighted by Gasteiger charge is 2.28. The van der Waals surface area contributed by atoms with E-state index in [9.17, 15) is 19.5 Å². The maximum absolute atomic E-state index is 12.4. The van der Waals surface area contributed by atoms with E-state index in [2.05, 4.69) is 10.00 Å². The third-order valence-electron chi connectivity index (χ3n) is 4.98. The highest BCUT2D eigenvalue weighted by molar-refractivity contribution is 5.71. The van der Waals surface area contributed by atoms with Crippen molar-refractivity contribution in [1.29, 1.82) is 0 Å². The Morgan fingerprint density at radius 3 is 2.69 bits per heavy atom. The molecular weight excluding hydrogens is 380 g/mol. The van der Waals surface area contributed by atoms with Gasteiger partial charge in [0.1, 0.15) is 5.76 Å². The number of aromatic nitrogens is 2. The molecule has 1 aliphatic heterocycles. The van der Waals surface area contributed by atoms with E-state index >= 15 is 0 Å². The van der Waals surface area contributed by atoms with Gasteiger partial charge in [-0.2, -0.15) is 5.10 Å². The lowest BCUT2D eigenvalue weighted by molar-refractivity contribution is -0.141. The van der Waals surface area contributed by atoms with Crippen LogP contribution in [0.15, 0.2) is 27.7 Å². The van der Waals surface area contributed by atoms with Gasteiger partial charge in [-0.15, -0.1) is 0 Å². The number of aromatic hydroxyl groups is 1. The second-order valence-electron chi connectivity index (χ2n) is 6.99. The smallest absolute Gasteiger partial charge is 0.306 e. The second-order valence-corrected chi connectivity index (χ2v) is 6.99. The molecule has 0 saturated carbocycles. The zero-order chi connectivity index (χ0) is 21.0. The summed E-state index contributed by atoms with van der Waals surface area (Å²) in [6, 6.07) is 1.25. The molecular formula is C19H24N4O6. The van der Waals surface area contributed by atoms with Crippen molar-refractivity contribution in [3.63, 3.8) is 0 Å². The molecule has 1 amide bonds. The van der Waals surface area contributed by atoms with Crippen LogP contribution in [0, 0.1) is 0 Å². The van der Waals surface area contributed by atoms with Crippen LogP contribution in [0.1, 0.15) is 29.4 Å². The van der Waals surface area contributed by atoms with Crippen molar-refractivity contribution in [3.8, 4) is 5.75 Å². The molecule has 1 aliphatic rings. The van der Waals surface area contributed by atoms with Crippen LogP contribution in [0.5, 0.6) is 5.75 Å². The lowest BCUT2D eigenvalue weighted by atomic mass is 9.94. The number of methoxy groups -OCH3 is 1. The standard InChI is InChI=1S/C19H24N4O6/c1-21-10-13(9-20-21)15(8-17(26)28-2)19-18(27)16(25)7-14(29-19)11-22-3-5-23(12-24)6-4-22/h7,9-10,12,15,27H,3-6,8,11H2,1-2H3/t15-/m0/s1. The Morgan fingerprint density at radius 1 is 1.38 bits per heavy atom. The van der Waals surface area contributed by atoms with E-state index in [0.717, 1.165) is 6.41 Å². The molecule has 0 bridgehead atoms. The molecule has 0 spiro atoms. The number of esters is 1. The van der Waals surface area contributed by atoms with E-state index in [1.54, 1.807) is 29.0 Å². The lowest BCUT2D eigenvalue weighted by Crippen LogP contribution is -2.45. The number of hydrogen-bond acceptors (Lipinski definition) is 8. The van der Waals surface area contributed by atoms with Gasteiger partial charge >= 0.3 is 5.97 Å². The van der Waals surface area contributed by atoms with Crippen molar-refractivity contribution in [2.24, 2.45) is 7.05 Å². The van der Waals surface area contributed by atoms with Gasteiger partial charge in [-0.1, -0.05) is 0 Å². The highest BCUT2D eigenvalue weighted by atomic mass is 16.5. The molecule has 3 rings (SSSR count). The Balaban J connectivity index is 1.90. The van der Waals surface area contributed by atoms with Crippen LogP contribution in [0.3, 0.4) is 0 Å². The van der Waals surface area contributed by atoms with Gasteiger partial charge in [-0.05, 0) is 0 Å². The topological polar surface area (TPSA) is 118 Å². The summed E-state index contributed by atoms with van der Waals surface area (Å²) in [5.41, 5.74) is 0.0413. The lowest BCUT2D eigenvalue weighted by Gasteiger charge is -2.32. The minimum absolute atomic E-state index is 0.0115. The van der Waals surface area contributed by atoms with Gasteiger partial charge in [-0.3, -0.25) is 24.0 Å². The average molecular weight is 404 g/mol. The van der Waals surface area contributed by atoms with Crippen LogP contribution in [0.2, 0.25) is 0 Å². The summed E-state index contributed by atoms with van der Waals surface area (Å²) in [5.74, 6) is -1.36. The van der Waals surface area contributed by atoms with Crippen molar-refractivity contribution < 1.29 is 23.8 Å². The molecule has 2 aromatic rings. The van der Waals surface area contributed by atoms with Crippen LogP contribution in [0.25, 0.3) is 0 Å². The summed E-state index contributed by atoms with van der Waals surface area (Å²) in [4.78, 5) is 38.9. The number of aryl methyl sites for hydroxylation is 1. The molecule has 0 radical (unpaired) electrons. The van der Waals surface area contributed by atoms with Gasteiger partial charge in [0.05, 0.1) is 32.2 Å². The molecule has 0 aromatic carbocycles. The Hall–Kier alpha value is -3.14. The number of amides is 1. The molecule has 1 fully saturated rings. The van der Waals surface area contributed by atoms with Crippen LogP contribution >= 0.6 is 0 Å². The third-order valence-corrected chi connectivity index (χ3v) is 4.98. The number of carbonyl (C=O) groups is 2. The number of piperazine rings is 1. The van der Waals surface area contributed by atoms with Crippen molar-refractivity contribution in [3.05, 3.63) is 45.8 Å². The summed E-state index contributed by atoms with van der Waals surface area (Å²) in [6.07, 6.45) is 3.96. The molecule has 156 valence electrons. The fourth-order valence-corrected chi connectivity index (χ4v) is 3.35. The molecule has 1 N–H and O–H groups in total. The zero-order valence-corrected chi connectivity index (χ0v) is 16.4. The van der Waals surface area contributed by atoms with Gasteiger partial charge in [0.25, 0.3) is 0 Å². The average Bonchev–Trinajstić information content (AvgIpc) is 3.15. The van der Waals surface area contributed by atoms with Gasteiger partial charge < -0.3 is 19.2 Å². The fourth-order valence-electron chi connectivity index (χ4n) is 3.35.